The second kappa shape index (κ2) is 14.4. The average molecular weight is 574 g/mol. The Hall–Kier alpha value is -2.46. The maximum Gasteiger partial charge on any atom is 0.320 e. The molecule has 0 spiro atoms. The number of benzene rings is 2. The van der Waals surface area contributed by atoms with Crippen molar-refractivity contribution < 1.29 is 23.1 Å². The fourth-order valence-corrected chi connectivity index (χ4v) is 7.75. The van der Waals surface area contributed by atoms with Crippen molar-refractivity contribution in [2.24, 2.45) is 0 Å². The average Bonchev–Trinajstić information content (AvgIpc) is 3.03. The van der Waals surface area contributed by atoms with Crippen molar-refractivity contribution in [1.29, 1.82) is 0 Å². The molecule has 0 radical (unpaired) electrons. The standard InChI is InChI=1S/C31H47N3O5S/c1-6-8-17-31(7-2)22-40(37,38)28-19-24(21-32-26(30(35)36)16-12-13-18-34(3)4)27(39-5)20-25(28)29(33-31)23-14-10-9-11-15-23/h9-11,14-15,19-20,26,29,32-33H,6-8,12-13,16-18,21-22H2,1-5H3,(H,35,36)/t26-,29+,31+/m0/s1. The van der Waals surface area contributed by atoms with Crippen LogP contribution in [0, 0.1) is 0 Å². The molecule has 0 aromatic heterocycles. The summed E-state index contributed by atoms with van der Waals surface area (Å²) in [5, 5.41) is 16.7. The first kappa shape index (κ1) is 32.1. The van der Waals surface area contributed by atoms with Crippen LogP contribution in [0.25, 0.3) is 0 Å². The number of methoxy groups -OCH3 is 1. The maximum absolute atomic E-state index is 14.0. The Morgan fingerprint density at radius 3 is 2.50 bits per heavy atom. The summed E-state index contributed by atoms with van der Waals surface area (Å²) in [6, 6.07) is 12.4. The summed E-state index contributed by atoms with van der Waals surface area (Å²) < 4.78 is 33.8. The third-order valence-corrected chi connectivity index (χ3v) is 9.94. The predicted octanol–water partition coefficient (Wildman–Crippen LogP) is 4.78. The quantitative estimate of drug-likeness (QED) is 0.262. The topological polar surface area (TPSA) is 108 Å². The van der Waals surface area contributed by atoms with Crippen molar-refractivity contribution in [3.8, 4) is 5.75 Å². The highest BCUT2D eigenvalue weighted by molar-refractivity contribution is 7.91. The lowest BCUT2D eigenvalue weighted by Gasteiger charge is -2.36. The van der Waals surface area contributed by atoms with Crippen molar-refractivity contribution in [3.63, 3.8) is 0 Å². The third-order valence-electron chi connectivity index (χ3n) is 7.98. The highest BCUT2D eigenvalue weighted by Gasteiger charge is 2.42. The number of hydrogen-bond acceptors (Lipinski definition) is 7. The maximum atomic E-state index is 14.0. The molecule has 0 bridgehead atoms. The zero-order chi connectivity index (χ0) is 29.3. The van der Waals surface area contributed by atoms with Crippen molar-refractivity contribution in [2.75, 3.05) is 33.5 Å². The number of unbranched alkanes of at least 4 members (excludes halogenated alkanes) is 2. The van der Waals surface area contributed by atoms with E-state index in [4.69, 9.17) is 4.74 Å². The molecule has 1 heterocycles. The molecule has 3 N–H and O–H groups in total. The van der Waals surface area contributed by atoms with Gasteiger partial charge in [0.2, 0.25) is 0 Å². The Bertz CT molecular complexity index is 1220. The first-order valence-corrected chi connectivity index (χ1v) is 16.1. The number of nitrogens with one attached hydrogen (secondary N) is 2. The summed E-state index contributed by atoms with van der Waals surface area (Å²) in [7, 11) is 1.90. The zero-order valence-electron chi connectivity index (χ0n) is 24.7. The molecular weight excluding hydrogens is 526 g/mol. The summed E-state index contributed by atoms with van der Waals surface area (Å²) in [4.78, 5) is 14.3. The first-order valence-electron chi connectivity index (χ1n) is 14.4. The van der Waals surface area contributed by atoms with E-state index in [1.54, 1.807) is 13.2 Å². The Kier molecular flexibility index (Phi) is 11.6. The van der Waals surface area contributed by atoms with E-state index in [1.807, 2.05) is 50.5 Å². The number of carboxylic acids is 1. The molecule has 3 atom stereocenters. The van der Waals surface area contributed by atoms with Crippen molar-refractivity contribution >= 4 is 15.8 Å². The molecule has 0 fully saturated rings. The zero-order valence-corrected chi connectivity index (χ0v) is 25.5. The van der Waals surface area contributed by atoms with E-state index in [1.165, 1.54) is 0 Å². The molecule has 0 unspecified atom stereocenters. The van der Waals surface area contributed by atoms with E-state index >= 15 is 0 Å². The number of hydrogen-bond donors (Lipinski definition) is 3. The van der Waals surface area contributed by atoms with E-state index in [2.05, 4.69) is 29.4 Å². The molecule has 0 amide bonds. The monoisotopic (exact) mass is 573 g/mol. The molecule has 3 rings (SSSR count). The number of sulfone groups is 1. The van der Waals surface area contributed by atoms with Gasteiger partial charge in [0.15, 0.2) is 9.84 Å². The van der Waals surface area contributed by atoms with Gasteiger partial charge >= 0.3 is 5.97 Å². The van der Waals surface area contributed by atoms with Gasteiger partial charge in [0.1, 0.15) is 11.8 Å². The van der Waals surface area contributed by atoms with Gasteiger partial charge in [-0.2, -0.15) is 0 Å². The molecule has 0 saturated carbocycles. The van der Waals surface area contributed by atoms with Crippen LogP contribution in [0.2, 0.25) is 0 Å². The number of carbonyl (C=O) groups is 1. The largest absolute Gasteiger partial charge is 0.496 e. The van der Waals surface area contributed by atoms with Gasteiger partial charge in [-0.05, 0) is 69.6 Å². The normalized spacial score (nSPS) is 21.0. The van der Waals surface area contributed by atoms with Crippen LogP contribution in [0.15, 0.2) is 47.4 Å². The highest BCUT2D eigenvalue weighted by atomic mass is 32.2. The molecule has 0 aliphatic carbocycles. The van der Waals surface area contributed by atoms with E-state index in [0.29, 0.717) is 29.7 Å². The Morgan fingerprint density at radius 1 is 1.18 bits per heavy atom. The summed E-state index contributed by atoms with van der Waals surface area (Å²) in [6.07, 6.45) is 5.53. The van der Waals surface area contributed by atoms with Crippen LogP contribution in [0.5, 0.6) is 5.75 Å². The second-order valence-electron chi connectivity index (χ2n) is 11.3. The van der Waals surface area contributed by atoms with E-state index in [9.17, 15) is 18.3 Å². The van der Waals surface area contributed by atoms with E-state index in [-0.39, 0.29) is 23.2 Å². The molecular formula is C31H47N3O5S. The number of rotatable bonds is 15. The Labute approximate surface area is 240 Å². The summed E-state index contributed by atoms with van der Waals surface area (Å²) >= 11 is 0. The van der Waals surface area contributed by atoms with Crippen LogP contribution in [-0.2, 0) is 21.2 Å². The number of ether oxygens (including phenoxy) is 1. The minimum Gasteiger partial charge on any atom is -0.496 e. The summed E-state index contributed by atoms with van der Waals surface area (Å²) in [5.74, 6) is -0.364. The van der Waals surface area contributed by atoms with E-state index < -0.39 is 27.4 Å². The molecule has 2 aromatic carbocycles. The SMILES string of the molecule is CCCC[C@]1(CC)CS(=O)(=O)c2cc(CN[C@@H](CCCCN(C)C)C(=O)O)c(OC)cc2[C@@H](c2ccccc2)N1. The molecule has 222 valence electrons. The van der Waals surface area contributed by atoms with Crippen LogP contribution in [0.3, 0.4) is 0 Å². The fraction of sp³-hybridized carbons (Fsp3) is 0.581. The Balaban J connectivity index is 2.01. The van der Waals surface area contributed by atoms with Crippen molar-refractivity contribution in [1.82, 2.24) is 15.5 Å². The minimum atomic E-state index is -3.66. The molecule has 2 aromatic rings. The molecule has 1 aliphatic rings. The van der Waals surface area contributed by atoms with E-state index in [0.717, 1.165) is 44.2 Å². The van der Waals surface area contributed by atoms with Crippen LogP contribution in [0.1, 0.15) is 81.5 Å². The summed E-state index contributed by atoms with van der Waals surface area (Å²) in [6.45, 7) is 5.26. The van der Waals surface area contributed by atoms with Gasteiger partial charge in [-0.15, -0.1) is 0 Å². The van der Waals surface area contributed by atoms with Crippen molar-refractivity contribution in [2.45, 2.75) is 87.9 Å². The molecule has 8 nitrogen and oxygen atoms in total. The van der Waals surface area contributed by atoms with Crippen LogP contribution < -0.4 is 15.4 Å². The number of carboxylic acid groups (broad SMARTS) is 1. The second-order valence-corrected chi connectivity index (χ2v) is 13.2. The smallest absolute Gasteiger partial charge is 0.320 e. The van der Waals surface area contributed by atoms with Crippen LogP contribution in [-0.4, -0.2) is 69.5 Å². The van der Waals surface area contributed by atoms with Gasteiger partial charge in [0.05, 0.1) is 23.8 Å². The number of aliphatic carboxylic acids is 1. The van der Waals surface area contributed by atoms with Gasteiger partial charge in [-0.25, -0.2) is 8.42 Å². The van der Waals surface area contributed by atoms with Gasteiger partial charge in [0, 0.05) is 17.6 Å². The summed E-state index contributed by atoms with van der Waals surface area (Å²) in [5.41, 5.74) is 1.72. The van der Waals surface area contributed by atoms with Gasteiger partial charge in [-0.1, -0.05) is 63.4 Å². The predicted molar refractivity (Wildman–Crippen MR) is 160 cm³/mol. The highest BCUT2D eigenvalue weighted by Crippen LogP contribution is 2.40. The van der Waals surface area contributed by atoms with Gasteiger partial charge in [0.25, 0.3) is 0 Å². The van der Waals surface area contributed by atoms with Crippen molar-refractivity contribution in [3.05, 3.63) is 59.2 Å². The number of fused-ring (bicyclic) bond motifs is 1. The lowest BCUT2D eigenvalue weighted by atomic mass is 9.88. The minimum absolute atomic E-state index is 0.00958. The lowest BCUT2D eigenvalue weighted by Crippen LogP contribution is -2.50. The molecule has 1 aliphatic heterocycles. The fourth-order valence-electron chi connectivity index (χ4n) is 5.58. The molecule has 9 heteroatoms. The van der Waals surface area contributed by atoms with Gasteiger partial charge in [-0.3, -0.25) is 10.1 Å². The lowest BCUT2D eigenvalue weighted by molar-refractivity contribution is -0.139. The Morgan fingerprint density at radius 2 is 1.90 bits per heavy atom. The van der Waals surface area contributed by atoms with Gasteiger partial charge < -0.3 is 20.1 Å². The molecule has 0 saturated heterocycles. The molecule has 40 heavy (non-hydrogen) atoms. The third kappa shape index (κ3) is 8.06. The number of nitrogens with zero attached hydrogens (tertiary/aromatic N) is 1. The first-order chi connectivity index (χ1) is 19.1. The van der Waals surface area contributed by atoms with Crippen LogP contribution in [0.4, 0.5) is 0 Å². The van der Waals surface area contributed by atoms with Crippen LogP contribution >= 0.6 is 0 Å².